The molecule has 3 heterocycles. The van der Waals surface area contributed by atoms with E-state index in [1.807, 2.05) is 42.2 Å². The summed E-state index contributed by atoms with van der Waals surface area (Å²) < 4.78 is 0. The number of urea groups is 1. The molecule has 2 aliphatic rings. The van der Waals surface area contributed by atoms with Gasteiger partial charge in [-0.3, -0.25) is 14.7 Å². The zero-order chi connectivity index (χ0) is 18.8. The molecule has 6 nitrogen and oxygen atoms in total. The lowest BCUT2D eigenvalue weighted by Gasteiger charge is -2.47. The molecular weight excluding hydrogens is 340 g/mol. The molecule has 0 radical (unpaired) electrons. The smallest absolute Gasteiger partial charge is 0.315 e. The van der Waals surface area contributed by atoms with Crippen molar-refractivity contribution in [2.45, 2.75) is 44.9 Å². The average molecular weight is 364 g/mol. The van der Waals surface area contributed by atoms with Crippen LogP contribution in [0.25, 0.3) is 0 Å². The van der Waals surface area contributed by atoms with Crippen molar-refractivity contribution in [2.75, 3.05) is 6.54 Å². The van der Waals surface area contributed by atoms with E-state index in [0.717, 1.165) is 30.5 Å². The van der Waals surface area contributed by atoms with E-state index >= 15 is 0 Å². The topological polar surface area (TPSA) is 65.5 Å². The van der Waals surface area contributed by atoms with Crippen molar-refractivity contribution in [3.05, 3.63) is 65.5 Å². The highest BCUT2D eigenvalue weighted by Crippen LogP contribution is 2.27. The molecule has 2 aliphatic heterocycles. The molecule has 2 fully saturated rings. The van der Waals surface area contributed by atoms with Gasteiger partial charge in [0.2, 0.25) is 5.91 Å². The van der Waals surface area contributed by atoms with Gasteiger partial charge in [-0.2, -0.15) is 0 Å². The molecule has 140 valence electrons. The number of piperidine rings is 1. The van der Waals surface area contributed by atoms with Gasteiger partial charge in [0, 0.05) is 18.9 Å². The van der Waals surface area contributed by atoms with Gasteiger partial charge in [0.1, 0.15) is 6.04 Å². The Morgan fingerprint density at radius 1 is 1.11 bits per heavy atom. The Morgan fingerprint density at radius 3 is 2.70 bits per heavy atom. The molecule has 2 atom stereocenters. The van der Waals surface area contributed by atoms with Crippen LogP contribution in [0.15, 0.2) is 48.8 Å². The van der Waals surface area contributed by atoms with Crippen molar-refractivity contribution in [1.29, 1.82) is 0 Å². The lowest BCUT2D eigenvalue weighted by atomic mass is 9.92. The minimum absolute atomic E-state index is 0.0899. The molecule has 2 aromatic rings. The number of aromatic nitrogens is 1. The van der Waals surface area contributed by atoms with E-state index < -0.39 is 0 Å². The van der Waals surface area contributed by atoms with E-state index in [-0.39, 0.29) is 30.6 Å². The van der Waals surface area contributed by atoms with Crippen molar-refractivity contribution in [3.63, 3.8) is 0 Å². The van der Waals surface area contributed by atoms with Gasteiger partial charge in [-0.1, -0.05) is 29.8 Å². The van der Waals surface area contributed by atoms with E-state index in [1.165, 1.54) is 10.5 Å². The summed E-state index contributed by atoms with van der Waals surface area (Å²) in [6.45, 7) is 3.65. The van der Waals surface area contributed by atoms with Crippen LogP contribution in [0.4, 0.5) is 4.79 Å². The highest BCUT2D eigenvalue weighted by atomic mass is 16.2. The van der Waals surface area contributed by atoms with Gasteiger partial charge in [-0.25, -0.2) is 4.79 Å². The van der Waals surface area contributed by atoms with Gasteiger partial charge in [0.05, 0.1) is 12.6 Å². The number of rotatable bonds is 4. The third-order valence-electron chi connectivity index (χ3n) is 5.36. The first-order chi connectivity index (χ1) is 13.1. The number of nitrogens with one attached hydrogen (secondary N) is 1. The van der Waals surface area contributed by atoms with E-state index in [1.54, 1.807) is 12.4 Å². The van der Waals surface area contributed by atoms with Crippen LogP contribution >= 0.6 is 0 Å². The normalized spacial score (nSPS) is 22.7. The number of fused-ring (bicyclic) bond motifs is 1. The van der Waals surface area contributed by atoms with E-state index in [4.69, 9.17) is 0 Å². The Morgan fingerprint density at radius 2 is 1.93 bits per heavy atom. The van der Waals surface area contributed by atoms with Crippen LogP contribution in [0.5, 0.6) is 0 Å². The monoisotopic (exact) mass is 364 g/mol. The van der Waals surface area contributed by atoms with E-state index in [2.05, 4.69) is 16.4 Å². The van der Waals surface area contributed by atoms with Gasteiger partial charge in [0.15, 0.2) is 0 Å². The van der Waals surface area contributed by atoms with Crippen LogP contribution in [-0.4, -0.2) is 45.4 Å². The predicted octanol–water partition coefficient (Wildman–Crippen LogP) is 2.48. The van der Waals surface area contributed by atoms with Crippen LogP contribution in [0, 0.1) is 6.92 Å². The maximum absolute atomic E-state index is 13.3. The zero-order valence-electron chi connectivity index (χ0n) is 15.5. The van der Waals surface area contributed by atoms with Crippen LogP contribution in [0.2, 0.25) is 0 Å². The van der Waals surface area contributed by atoms with Gasteiger partial charge in [0.25, 0.3) is 0 Å². The van der Waals surface area contributed by atoms with E-state index in [0.29, 0.717) is 6.54 Å². The Kier molecular flexibility index (Phi) is 4.90. The number of amides is 3. The maximum Gasteiger partial charge on any atom is 0.327 e. The zero-order valence-corrected chi connectivity index (χ0v) is 15.5. The predicted molar refractivity (Wildman–Crippen MR) is 102 cm³/mol. The summed E-state index contributed by atoms with van der Waals surface area (Å²) in [7, 11) is 0. The first-order valence-electron chi connectivity index (χ1n) is 9.43. The Labute approximate surface area is 159 Å². The molecule has 4 rings (SSSR count). The molecule has 3 amide bonds. The third-order valence-corrected chi connectivity index (χ3v) is 5.36. The molecule has 0 spiro atoms. The molecule has 1 aromatic carbocycles. The van der Waals surface area contributed by atoms with Crippen LogP contribution < -0.4 is 5.32 Å². The summed E-state index contributed by atoms with van der Waals surface area (Å²) in [6.07, 6.45) is 5.18. The summed E-state index contributed by atoms with van der Waals surface area (Å²) in [6, 6.07) is 11.2. The fraction of sp³-hybridized carbons (Fsp3) is 0.381. The number of nitrogens with zero attached hydrogens (tertiary/aromatic N) is 3. The van der Waals surface area contributed by atoms with E-state index in [9.17, 15) is 9.59 Å². The van der Waals surface area contributed by atoms with Gasteiger partial charge >= 0.3 is 6.03 Å². The van der Waals surface area contributed by atoms with Crippen molar-refractivity contribution in [1.82, 2.24) is 20.1 Å². The molecule has 27 heavy (non-hydrogen) atoms. The van der Waals surface area contributed by atoms with Crippen molar-refractivity contribution >= 4 is 11.9 Å². The summed E-state index contributed by atoms with van der Waals surface area (Å²) in [5.74, 6) is -0.123. The molecule has 0 saturated carbocycles. The van der Waals surface area contributed by atoms with Gasteiger partial charge in [-0.05, 0) is 49.6 Å². The maximum atomic E-state index is 13.3. The standard InChI is InChI=1S/C21H24N4O2/c1-15-4-2-5-17(12-15)14-24-18-6-3-9-23-19(18)20(26)25(21(24)27)13-16-7-10-22-11-8-16/h2,4-5,7-8,10-12,18-19,23H,3,6,9,13-14H2,1H3. The first-order valence-corrected chi connectivity index (χ1v) is 9.43. The second-order valence-electron chi connectivity index (χ2n) is 7.32. The lowest BCUT2D eigenvalue weighted by Crippen LogP contribution is -2.68. The number of pyridine rings is 1. The SMILES string of the molecule is Cc1cccc(CN2C(=O)N(Cc3ccncc3)C(=O)C3NCCCC32)c1. The first kappa shape index (κ1) is 17.7. The summed E-state index contributed by atoms with van der Waals surface area (Å²) >= 11 is 0. The van der Waals surface area contributed by atoms with Gasteiger partial charge < -0.3 is 10.2 Å². The molecule has 1 N–H and O–H groups in total. The second-order valence-corrected chi connectivity index (χ2v) is 7.32. The van der Waals surface area contributed by atoms with Crippen molar-refractivity contribution < 1.29 is 9.59 Å². The third kappa shape index (κ3) is 3.57. The average Bonchev–Trinajstić information content (AvgIpc) is 2.69. The Balaban J connectivity index is 1.63. The largest absolute Gasteiger partial charge is 0.327 e. The number of aryl methyl sites for hydroxylation is 1. The second kappa shape index (κ2) is 7.48. The molecule has 2 unspecified atom stereocenters. The number of imide groups is 1. The fourth-order valence-corrected chi connectivity index (χ4v) is 4.03. The highest BCUT2D eigenvalue weighted by molar-refractivity contribution is 6.00. The van der Waals surface area contributed by atoms with Gasteiger partial charge in [-0.15, -0.1) is 0 Å². The minimum Gasteiger partial charge on any atom is -0.315 e. The number of carbonyl (C=O) groups excluding carboxylic acids is 2. The molecular formula is C21H24N4O2. The highest BCUT2D eigenvalue weighted by Gasteiger charge is 2.46. The minimum atomic E-state index is -0.330. The van der Waals surface area contributed by atoms with Crippen molar-refractivity contribution in [3.8, 4) is 0 Å². The van der Waals surface area contributed by atoms with Crippen LogP contribution in [0.3, 0.4) is 0 Å². The quantitative estimate of drug-likeness (QED) is 0.905. The summed E-state index contributed by atoms with van der Waals surface area (Å²) in [5.41, 5.74) is 3.15. The lowest BCUT2D eigenvalue weighted by molar-refractivity contribution is -0.137. The molecule has 6 heteroatoms. The Hall–Kier alpha value is -2.73. The van der Waals surface area contributed by atoms with Crippen LogP contribution in [-0.2, 0) is 17.9 Å². The Bertz CT molecular complexity index is 839. The fourth-order valence-electron chi connectivity index (χ4n) is 4.03. The van der Waals surface area contributed by atoms with Crippen LogP contribution in [0.1, 0.15) is 29.5 Å². The molecule has 0 bridgehead atoms. The van der Waals surface area contributed by atoms with Crippen molar-refractivity contribution in [2.24, 2.45) is 0 Å². The summed E-state index contributed by atoms with van der Waals surface area (Å²) in [4.78, 5) is 33.6. The molecule has 1 aromatic heterocycles. The number of hydrogen-bond donors (Lipinski definition) is 1. The molecule has 0 aliphatic carbocycles. The number of benzene rings is 1. The number of carbonyl (C=O) groups is 2. The summed E-state index contributed by atoms with van der Waals surface area (Å²) in [5, 5.41) is 3.34. The number of hydrogen-bond acceptors (Lipinski definition) is 4. The molecule has 2 saturated heterocycles.